The van der Waals surface area contributed by atoms with Gasteiger partial charge in [-0.2, -0.15) is 0 Å². The van der Waals surface area contributed by atoms with Gasteiger partial charge < -0.3 is 45.6 Å². The minimum atomic E-state index is -1.39. The molecule has 3 rings (SSSR count). The maximum Gasteiger partial charge on any atom is 0.408 e. The summed E-state index contributed by atoms with van der Waals surface area (Å²) in [6.45, 7) is 6.75. The third kappa shape index (κ3) is 12.8. The molecule has 14 heteroatoms. The van der Waals surface area contributed by atoms with Crippen molar-refractivity contribution in [3.63, 3.8) is 0 Å². The molecule has 49 heavy (non-hydrogen) atoms. The van der Waals surface area contributed by atoms with Gasteiger partial charge in [-0.05, 0) is 64.2 Å². The Balaban J connectivity index is 1.72. The van der Waals surface area contributed by atoms with Gasteiger partial charge in [-0.25, -0.2) is 14.4 Å². The lowest BCUT2D eigenvalue weighted by Gasteiger charge is -2.26. The molecule has 0 aliphatic rings. The number of rotatable bonds is 16. The molecule has 4 amide bonds. The van der Waals surface area contributed by atoms with E-state index in [1.54, 1.807) is 27.0 Å². The first-order valence-electron chi connectivity index (χ1n) is 16.1. The van der Waals surface area contributed by atoms with Crippen LogP contribution in [0.2, 0.25) is 0 Å². The molecular weight excluding hydrogens is 634 g/mol. The van der Waals surface area contributed by atoms with E-state index in [0.717, 1.165) is 29.1 Å². The maximum absolute atomic E-state index is 13.8. The molecule has 2 aromatic carbocycles. The van der Waals surface area contributed by atoms with Gasteiger partial charge in [-0.3, -0.25) is 9.59 Å². The summed E-state index contributed by atoms with van der Waals surface area (Å²) in [5, 5.41) is 21.4. The van der Waals surface area contributed by atoms with E-state index in [-0.39, 0.29) is 26.0 Å². The maximum atomic E-state index is 13.8. The van der Waals surface area contributed by atoms with Crippen molar-refractivity contribution in [1.82, 2.24) is 26.3 Å². The van der Waals surface area contributed by atoms with Gasteiger partial charge in [0, 0.05) is 30.1 Å². The number of methoxy groups -OCH3 is 1. The Bertz CT molecular complexity index is 1550. The molecule has 0 aliphatic heterocycles. The zero-order chi connectivity index (χ0) is 36.0. The average molecular weight is 682 g/mol. The van der Waals surface area contributed by atoms with Gasteiger partial charge in [0.2, 0.25) is 11.8 Å². The second-order valence-corrected chi connectivity index (χ2v) is 12.6. The molecule has 0 aliphatic carbocycles. The second-order valence-electron chi connectivity index (χ2n) is 12.6. The van der Waals surface area contributed by atoms with E-state index in [1.165, 1.54) is 6.92 Å². The molecule has 0 saturated heterocycles. The first-order valence-corrected chi connectivity index (χ1v) is 16.1. The van der Waals surface area contributed by atoms with Crippen molar-refractivity contribution >= 4 is 40.9 Å². The molecule has 14 nitrogen and oxygen atoms in total. The Morgan fingerprint density at radius 2 is 1.53 bits per heavy atom. The molecule has 1 aromatic heterocycles. The van der Waals surface area contributed by atoms with Crippen molar-refractivity contribution in [3.05, 3.63) is 71.9 Å². The monoisotopic (exact) mass is 681 g/mol. The van der Waals surface area contributed by atoms with Crippen molar-refractivity contribution in [2.45, 2.75) is 89.8 Å². The number of aromatic nitrogens is 1. The van der Waals surface area contributed by atoms with Crippen molar-refractivity contribution in [2.75, 3.05) is 13.7 Å². The van der Waals surface area contributed by atoms with Crippen molar-refractivity contribution < 1.29 is 43.3 Å². The van der Waals surface area contributed by atoms with E-state index in [4.69, 9.17) is 14.2 Å². The van der Waals surface area contributed by atoms with Gasteiger partial charge >= 0.3 is 18.2 Å². The summed E-state index contributed by atoms with van der Waals surface area (Å²) >= 11 is 0. The number of amides is 4. The number of hydrogen-bond acceptors (Lipinski definition) is 9. The highest BCUT2D eigenvalue weighted by Gasteiger charge is 2.33. The van der Waals surface area contributed by atoms with Crippen LogP contribution in [-0.2, 0) is 41.6 Å². The minimum Gasteiger partial charge on any atom is -0.467 e. The molecular formula is C35H47N5O9. The summed E-state index contributed by atoms with van der Waals surface area (Å²) in [6.07, 6.45) is -0.0193. The Labute approximate surface area is 285 Å². The number of aliphatic hydroxyl groups is 1. The lowest BCUT2D eigenvalue weighted by Crippen LogP contribution is -2.58. The van der Waals surface area contributed by atoms with E-state index >= 15 is 0 Å². The van der Waals surface area contributed by atoms with E-state index < -0.39 is 59.8 Å². The molecule has 0 saturated carbocycles. The van der Waals surface area contributed by atoms with Crippen molar-refractivity contribution in [2.24, 2.45) is 0 Å². The fraction of sp³-hybridized carbons (Fsp3) is 0.457. The molecule has 3 aromatic rings. The average Bonchev–Trinajstić information content (AvgIpc) is 3.46. The van der Waals surface area contributed by atoms with Crippen LogP contribution in [0, 0.1) is 0 Å². The van der Waals surface area contributed by atoms with E-state index in [1.807, 2.05) is 54.6 Å². The molecule has 0 bridgehead atoms. The van der Waals surface area contributed by atoms with E-state index in [9.17, 15) is 29.1 Å². The van der Waals surface area contributed by atoms with E-state index in [2.05, 4.69) is 26.3 Å². The smallest absolute Gasteiger partial charge is 0.408 e. The molecule has 4 atom stereocenters. The largest absolute Gasteiger partial charge is 0.467 e. The Hall–Kier alpha value is -5.11. The normalized spacial score (nSPS) is 13.7. The van der Waals surface area contributed by atoms with Crippen molar-refractivity contribution in [3.8, 4) is 0 Å². The number of nitrogens with one attached hydrogen (secondary N) is 5. The number of ether oxygens (including phenoxy) is 3. The Morgan fingerprint density at radius 1 is 0.857 bits per heavy atom. The van der Waals surface area contributed by atoms with Gasteiger partial charge in [-0.15, -0.1) is 0 Å². The van der Waals surface area contributed by atoms with Crippen LogP contribution in [0.5, 0.6) is 0 Å². The second kappa shape index (κ2) is 18.4. The van der Waals surface area contributed by atoms with Gasteiger partial charge in [-0.1, -0.05) is 48.5 Å². The van der Waals surface area contributed by atoms with E-state index in [0.29, 0.717) is 12.8 Å². The number of carbonyl (C=O) groups excluding carboxylic acids is 5. The number of esters is 1. The Kier molecular flexibility index (Phi) is 14.4. The summed E-state index contributed by atoms with van der Waals surface area (Å²) in [5.41, 5.74) is 1.60. The van der Waals surface area contributed by atoms with Crippen LogP contribution in [-0.4, -0.2) is 83.5 Å². The molecule has 1 heterocycles. The fourth-order valence-electron chi connectivity index (χ4n) is 4.92. The van der Waals surface area contributed by atoms with Gasteiger partial charge in [0.15, 0.2) is 6.04 Å². The predicted molar refractivity (Wildman–Crippen MR) is 181 cm³/mol. The first kappa shape index (κ1) is 38.3. The summed E-state index contributed by atoms with van der Waals surface area (Å²) < 4.78 is 15.3. The highest BCUT2D eigenvalue weighted by Crippen LogP contribution is 2.20. The fourth-order valence-corrected chi connectivity index (χ4v) is 4.92. The van der Waals surface area contributed by atoms with Crippen LogP contribution in [0.3, 0.4) is 0 Å². The van der Waals surface area contributed by atoms with Crippen LogP contribution in [0.1, 0.15) is 58.1 Å². The van der Waals surface area contributed by atoms with Crippen LogP contribution >= 0.6 is 0 Å². The highest BCUT2D eigenvalue weighted by molar-refractivity contribution is 5.94. The van der Waals surface area contributed by atoms with Gasteiger partial charge in [0.1, 0.15) is 24.3 Å². The highest BCUT2D eigenvalue weighted by atomic mass is 16.6. The summed E-state index contributed by atoms with van der Waals surface area (Å²) in [4.78, 5) is 67.7. The molecule has 266 valence electrons. The van der Waals surface area contributed by atoms with Crippen LogP contribution in [0.4, 0.5) is 9.59 Å². The number of fused-ring (bicyclic) bond motifs is 1. The third-order valence-electron chi connectivity index (χ3n) is 7.38. The van der Waals surface area contributed by atoms with Crippen LogP contribution < -0.4 is 21.3 Å². The predicted octanol–water partition coefficient (Wildman–Crippen LogP) is 3.22. The molecule has 0 unspecified atom stereocenters. The number of hydrogen-bond donors (Lipinski definition) is 6. The van der Waals surface area contributed by atoms with Crippen LogP contribution in [0.25, 0.3) is 10.9 Å². The number of aromatic amines is 1. The number of carbonyl (C=O) groups is 5. The minimum absolute atomic E-state index is 0.0664. The third-order valence-corrected chi connectivity index (χ3v) is 7.38. The summed E-state index contributed by atoms with van der Waals surface area (Å²) in [5.74, 6) is -2.29. The van der Waals surface area contributed by atoms with Crippen LogP contribution in [0.15, 0.2) is 60.8 Å². The first-order chi connectivity index (χ1) is 23.3. The molecule has 6 N–H and O–H groups in total. The lowest BCUT2D eigenvalue weighted by atomic mass is 10.0. The molecule has 0 spiro atoms. The Morgan fingerprint density at radius 3 is 2.20 bits per heavy atom. The zero-order valence-corrected chi connectivity index (χ0v) is 28.5. The zero-order valence-electron chi connectivity index (χ0n) is 28.5. The topological polar surface area (TPSA) is 197 Å². The molecule has 0 fully saturated rings. The van der Waals surface area contributed by atoms with Gasteiger partial charge in [0.05, 0.1) is 13.2 Å². The summed E-state index contributed by atoms with van der Waals surface area (Å²) in [6, 6.07) is 13.0. The summed E-state index contributed by atoms with van der Waals surface area (Å²) in [7, 11) is 1.12. The standard InChI is InChI=1S/C35H47N5O9/c1-22(41)29(32(44)47-5)40-30(42)27(17-11-12-18-36-33(45)48-21-23-13-7-6-8-14-23)38-31(43)28(39-34(46)49-35(2,3)4)19-24-20-37-26-16-10-9-15-25(24)26/h6-10,13-16,20,22,27-29,37,41H,11-12,17-19,21H2,1-5H3,(H,36,45)(H,38,43)(H,39,46)(H,40,42)/t22-,27+,28+,29-/m1/s1. The van der Waals surface area contributed by atoms with Gasteiger partial charge in [0.25, 0.3) is 0 Å². The molecule has 0 radical (unpaired) electrons. The number of alkyl carbamates (subject to hydrolysis) is 2. The van der Waals surface area contributed by atoms with Crippen molar-refractivity contribution in [1.29, 1.82) is 0 Å². The number of benzene rings is 2. The number of para-hydroxylation sites is 1. The number of H-pyrrole nitrogens is 1. The lowest BCUT2D eigenvalue weighted by molar-refractivity contribution is -0.148. The quantitative estimate of drug-likeness (QED) is 0.0747. The SMILES string of the molecule is COC(=O)[C@H](NC(=O)[C@H](CCCCNC(=O)OCc1ccccc1)NC(=O)[C@H](Cc1c[nH]c2ccccc12)NC(=O)OC(C)(C)C)[C@@H](C)O. The number of aliphatic hydroxyl groups excluding tert-OH is 1. The number of unbranched alkanes of at least 4 members (excludes halogenated alkanes) is 1.